The minimum absolute atomic E-state index is 0.208. The van der Waals surface area contributed by atoms with E-state index in [-0.39, 0.29) is 17.4 Å². The molecule has 0 bridgehead atoms. The lowest BCUT2D eigenvalue weighted by Gasteiger charge is -2.07. The number of aromatic amines is 1. The van der Waals surface area contributed by atoms with Crippen LogP contribution >= 0.6 is 0 Å². The van der Waals surface area contributed by atoms with Crippen molar-refractivity contribution in [3.05, 3.63) is 88.5 Å². The minimum atomic E-state index is -0.347. The van der Waals surface area contributed by atoms with Crippen molar-refractivity contribution in [1.29, 1.82) is 0 Å². The van der Waals surface area contributed by atoms with E-state index in [1.807, 2.05) is 37.3 Å². The van der Waals surface area contributed by atoms with Gasteiger partial charge in [0, 0.05) is 23.9 Å². The summed E-state index contributed by atoms with van der Waals surface area (Å²) in [7, 11) is 0. The molecule has 0 aliphatic carbocycles. The van der Waals surface area contributed by atoms with E-state index in [1.165, 1.54) is 23.1 Å². The highest BCUT2D eigenvalue weighted by Gasteiger charge is 2.16. The summed E-state index contributed by atoms with van der Waals surface area (Å²) in [5, 5.41) is 7.25. The van der Waals surface area contributed by atoms with E-state index in [4.69, 9.17) is 4.42 Å². The highest BCUT2D eigenvalue weighted by atomic mass is 16.3. The summed E-state index contributed by atoms with van der Waals surface area (Å²) < 4.78 is 6.79. The summed E-state index contributed by atoms with van der Waals surface area (Å²) in [5.74, 6) is 0.734. The Morgan fingerprint density at radius 1 is 1.20 bits per heavy atom. The van der Waals surface area contributed by atoms with E-state index < -0.39 is 0 Å². The van der Waals surface area contributed by atoms with Crippen LogP contribution in [0.3, 0.4) is 0 Å². The first-order valence-corrected chi connectivity index (χ1v) is 9.41. The number of anilines is 1. The van der Waals surface area contributed by atoms with Crippen LogP contribution in [0.1, 0.15) is 18.2 Å². The third-order valence-corrected chi connectivity index (χ3v) is 4.31. The van der Waals surface area contributed by atoms with E-state index in [9.17, 15) is 9.59 Å². The summed E-state index contributed by atoms with van der Waals surface area (Å²) >= 11 is 0. The largest absolute Gasteiger partial charge is 0.463 e. The standard InChI is InChI=1S/C22H19N5O3/c1-2-16-13-21(29)25-22(23-16)27-19(14-17(26-27)18-9-6-12-30-18)24-20(28)11-10-15-7-4-3-5-8-15/h3-14H,2H2,1H3,(H,24,28)(H,23,25,29)/b11-10-. The third kappa shape index (κ3) is 4.27. The molecule has 2 N–H and O–H groups in total. The molecular formula is C22H19N5O3. The Hall–Kier alpha value is -4.20. The number of rotatable bonds is 6. The van der Waals surface area contributed by atoms with Gasteiger partial charge in [0.15, 0.2) is 5.76 Å². The average Bonchev–Trinajstić information content (AvgIpc) is 3.42. The van der Waals surface area contributed by atoms with Crippen LogP contribution in [0.5, 0.6) is 0 Å². The van der Waals surface area contributed by atoms with Gasteiger partial charge in [-0.1, -0.05) is 37.3 Å². The van der Waals surface area contributed by atoms with E-state index in [0.29, 0.717) is 29.4 Å². The van der Waals surface area contributed by atoms with Gasteiger partial charge in [-0.2, -0.15) is 9.78 Å². The zero-order valence-corrected chi connectivity index (χ0v) is 16.2. The van der Waals surface area contributed by atoms with Crippen molar-refractivity contribution < 1.29 is 9.21 Å². The molecule has 0 spiro atoms. The summed E-state index contributed by atoms with van der Waals surface area (Å²) in [6.07, 6.45) is 5.26. The van der Waals surface area contributed by atoms with Gasteiger partial charge in [0.1, 0.15) is 11.5 Å². The van der Waals surface area contributed by atoms with Crippen LogP contribution in [0.4, 0.5) is 5.82 Å². The maximum absolute atomic E-state index is 12.5. The van der Waals surface area contributed by atoms with Gasteiger partial charge in [0.25, 0.3) is 5.56 Å². The van der Waals surface area contributed by atoms with Gasteiger partial charge in [0.2, 0.25) is 11.9 Å². The van der Waals surface area contributed by atoms with Crippen molar-refractivity contribution >= 4 is 17.8 Å². The second-order valence-electron chi connectivity index (χ2n) is 6.45. The number of nitrogens with one attached hydrogen (secondary N) is 2. The Kier molecular flexibility index (Phi) is 5.38. The lowest BCUT2D eigenvalue weighted by atomic mass is 10.2. The molecule has 8 nitrogen and oxygen atoms in total. The van der Waals surface area contributed by atoms with Crippen LogP contribution in [0.2, 0.25) is 0 Å². The van der Waals surface area contributed by atoms with Crippen LogP contribution in [-0.2, 0) is 11.2 Å². The van der Waals surface area contributed by atoms with Gasteiger partial charge in [-0.15, -0.1) is 0 Å². The molecule has 0 fully saturated rings. The lowest BCUT2D eigenvalue weighted by Crippen LogP contribution is -2.18. The number of nitrogens with zero attached hydrogens (tertiary/aromatic N) is 3. The van der Waals surface area contributed by atoms with Crippen LogP contribution in [0.25, 0.3) is 23.5 Å². The van der Waals surface area contributed by atoms with Crippen molar-refractivity contribution in [1.82, 2.24) is 19.7 Å². The van der Waals surface area contributed by atoms with Crippen molar-refractivity contribution in [3.63, 3.8) is 0 Å². The first-order chi connectivity index (χ1) is 14.6. The van der Waals surface area contributed by atoms with Crippen LogP contribution in [0.15, 0.2) is 76.1 Å². The summed E-state index contributed by atoms with van der Waals surface area (Å²) in [6, 6.07) is 16.1. The van der Waals surface area contributed by atoms with Crippen LogP contribution < -0.4 is 10.9 Å². The third-order valence-electron chi connectivity index (χ3n) is 4.31. The molecule has 0 saturated heterocycles. The molecule has 0 radical (unpaired) electrons. The number of aryl methyl sites for hydroxylation is 1. The predicted octanol–water partition coefficient (Wildman–Crippen LogP) is 3.43. The van der Waals surface area contributed by atoms with Gasteiger partial charge in [-0.3, -0.25) is 14.6 Å². The maximum Gasteiger partial charge on any atom is 0.252 e. The van der Waals surface area contributed by atoms with E-state index >= 15 is 0 Å². The molecule has 0 aliphatic rings. The Morgan fingerprint density at radius 2 is 2.03 bits per heavy atom. The monoisotopic (exact) mass is 401 g/mol. The van der Waals surface area contributed by atoms with Crippen molar-refractivity contribution in [2.24, 2.45) is 0 Å². The molecule has 3 heterocycles. The van der Waals surface area contributed by atoms with Crippen molar-refractivity contribution in [2.45, 2.75) is 13.3 Å². The molecular weight excluding hydrogens is 382 g/mol. The first-order valence-electron chi connectivity index (χ1n) is 9.41. The van der Waals surface area contributed by atoms with Gasteiger partial charge in [-0.05, 0) is 30.2 Å². The molecule has 1 aromatic carbocycles. The van der Waals surface area contributed by atoms with E-state index in [1.54, 1.807) is 24.3 Å². The van der Waals surface area contributed by atoms with Gasteiger partial charge >= 0.3 is 0 Å². The molecule has 0 aliphatic heterocycles. The normalized spacial score (nSPS) is 11.1. The van der Waals surface area contributed by atoms with Gasteiger partial charge in [-0.25, -0.2) is 4.98 Å². The average molecular weight is 401 g/mol. The van der Waals surface area contributed by atoms with Crippen molar-refractivity contribution in [2.75, 3.05) is 5.32 Å². The molecule has 0 unspecified atom stereocenters. The van der Waals surface area contributed by atoms with Crippen LogP contribution in [0, 0.1) is 0 Å². The molecule has 0 atom stereocenters. The number of amides is 1. The fraction of sp³-hybridized carbons (Fsp3) is 0.0909. The fourth-order valence-corrected chi connectivity index (χ4v) is 2.86. The quantitative estimate of drug-likeness (QED) is 0.482. The number of carbonyl (C=O) groups excluding carboxylic acids is 1. The summed E-state index contributed by atoms with van der Waals surface area (Å²) in [5.41, 5.74) is 1.71. The SMILES string of the molecule is CCc1cc(=O)[nH]c(-n2nc(-c3ccco3)cc2NC(=O)/C=C\c2ccccc2)n1. The van der Waals surface area contributed by atoms with E-state index in [0.717, 1.165) is 5.56 Å². The number of H-pyrrole nitrogens is 1. The second-order valence-corrected chi connectivity index (χ2v) is 6.45. The molecule has 4 aromatic rings. The van der Waals surface area contributed by atoms with Gasteiger partial charge in [0.05, 0.1) is 6.26 Å². The molecule has 30 heavy (non-hydrogen) atoms. The fourth-order valence-electron chi connectivity index (χ4n) is 2.86. The molecule has 1 amide bonds. The predicted molar refractivity (Wildman–Crippen MR) is 113 cm³/mol. The Balaban J connectivity index is 1.69. The van der Waals surface area contributed by atoms with Crippen molar-refractivity contribution in [3.8, 4) is 17.4 Å². The molecule has 0 saturated carbocycles. The summed E-state index contributed by atoms with van der Waals surface area (Å²) in [4.78, 5) is 31.6. The zero-order chi connectivity index (χ0) is 20.9. The second kappa shape index (κ2) is 8.44. The Labute approximate surface area is 171 Å². The maximum atomic E-state index is 12.5. The topological polar surface area (TPSA) is 106 Å². The summed E-state index contributed by atoms with van der Waals surface area (Å²) in [6.45, 7) is 1.90. The molecule has 8 heteroatoms. The number of carbonyl (C=O) groups is 1. The molecule has 4 rings (SSSR count). The van der Waals surface area contributed by atoms with Crippen LogP contribution in [-0.4, -0.2) is 25.7 Å². The lowest BCUT2D eigenvalue weighted by molar-refractivity contribution is -0.111. The number of aromatic nitrogens is 4. The number of hydrogen-bond acceptors (Lipinski definition) is 5. The number of benzene rings is 1. The number of furan rings is 1. The highest BCUT2D eigenvalue weighted by molar-refractivity contribution is 6.01. The molecule has 3 aromatic heterocycles. The van der Waals surface area contributed by atoms with Gasteiger partial charge < -0.3 is 9.73 Å². The molecule has 150 valence electrons. The minimum Gasteiger partial charge on any atom is -0.463 e. The van der Waals surface area contributed by atoms with E-state index in [2.05, 4.69) is 20.4 Å². The Bertz CT molecular complexity index is 1240. The Morgan fingerprint density at radius 3 is 2.77 bits per heavy atom. The highest BCUT2D eigenvalue weighted by Crippen LogP contribution is 2.24. The zero-order valence-electron chi connectivity index (χ0n) is 16.2. The number of hydrogen-bond donors (Lipinski definition) is 2. The first kappa shape index (κ1) is 19.1. The smallest absolute Gasteiger partial charge is 0.252 e.